The van der Waals surface area contributed by atoms with Crippen LogP contribution in [0.5, 0.6) is 0 Å². The van der Waals surface area contributed by atoms with E-state index in [-0.39, 0.29) is 11.8 Å². The van der Waals surface area contributed by atoms with E-state index >= 15 is 0 Å². The summed E-state index contributed by atoms with van der Waals surface area (Å²) >= 11 is 0. The van der Waals surface area contributed by atoms with E-state index in [0.29, 0.717) is 12.8 Å². The number of nitriles is 3. The maximum absolute atomic E-state index is 9.07. The maximum atomic E-state index is 9.07. The van der Waals surface area contributed by atoms with Gasteiger partial charge in [-0.05, 0) is 40.0 Å². The summed E-state index contributed by atoms with van der Waals surface area (Å²) in [6, 6.07) is 6.56. The molecule has 0 N–H and O–H groups in total. The molecule has 0 spiro atoms. The third-order valence-corrected chi connectivity index (χ3v) is 2.60. The van der Waals surface area contributed by atoms with E-state index in [2.05, 4.69) is 18.2 Å². The zero-order valence-electron chi connectivity index (χ0n) is 9.62. The smallest absolute Gasteiger partial charge is 0.0687 e. The molecular formula is C12H17N3. The topological polar surface area (TPSA) is 71.4 Å². The Morgan fingerprint density at radius 2 is 1.60 bits per heavy atom. The van der Waals surface area contributed by atoms with Crippen LogP contribution >= 0.6 is 0 Å². The largest absolute Gasteiger partial charge is 0.198 e. The molecule has 0 aliphatic rings. The van der Waals surface area contributed by atoms with Crippen molar-refractivity contribution in [1.29, 1.82) is 15.8 Å². The van der Waals surface area contributed by atoms with Crippen LogP contribution in [0.25, 0.3) is 0 Å². The molecule has 0 bridgehead atoms. The minimum Gasteiger partial charge on any atom is -0.198 e. The zero-order valence-corrected chi connectivity index (χ0v) is 9.62. The summed E-state index contributed by atoms with van der Waals surface area (Å²) in [6.45, 7) is 5.54. The molecule has 15 heavy (non-hydrogen) atoms. The van der Waals surface area contributed by atoms with E-state index in [9.17, 15) is 0 Å². The van der Waals surface area contributed by atoms with Gasteiger partial charge < -0.3 is 0 Å². The molecule has 80 valence electrons. The Hall–Kier alpha value is -1.53. The van der Waals surface area contributed by atoms with Crippen LogP contribution in [0.1, 0.15) is 40.0 Å². The van der Waals surface area contributed by atoms with Crippen molar-refractivity contribution in [3.05, 3.63) is 0 Å². The van der Waals surface area contributed by atoms with Gasteiger partial charge in [-0.25, -0.2) is 0 Å². The Morgan fingerprint density at radius 1 is 1.07 bits per heavy atom. The lowest BCUT2D eigenvalue weighted by Gasteiger charge is -2.22. The summed E-state index contributed by atoms with van der Waals surface area (Å²) in [7, 11) is 0. The second kappa shape index (κ2) is 6.05. The average molecular weight is 203 g/mol. The molecule has 0 fully saturated rings. The van der Waals surface area contributed by atoms with Crippen molar-refractivity contribution in [3.8, 4) is 18.2 Å². The number of rotatable bonds is 5. The Kier molecular flexibility index (Phi) is 5.43. The Balaban J connectivity index is 4.30. The van der Waals surface area contributed by atoms with Crippen LogP contribution in [0.3, 0.4) is 0 Å². The highest BCUT2D eigenvalue weighted by molar-refractivity contribution is 5.00. The first kappa shape index (κ1) is 13.5. The molecule has 0 amide bonds. The van der Waals surface area contributed by atoms with Gasteiger partial charge in [0.15, 0.2) is 0 Å². The monoisotopic (exact) mass is 203 g/mol. The molecule has 0 rings (SSSR count). The molecule has 0 aromatic carbocycles. The van der Waals surface area contributed by atoms with Crippen molar-refractivity contribution in [2.45, 2.75) is 40.0 Å². The van der Waals surface area contributed by atoms with Crippen LogP contribution in [0, 0.1) is 51.2 Å². The summed E-state index contributed by atoms with van der Waals surface area (Å²) in [5.41, 5.74) is -0.472. The lowest BCUT2D eigenvalue weighted by Crippen LogP contribution is -2.18. The van der Waals surface area contributed by atoms with Crippen LogP contribution in [0.4, 0.5) is 0 Å². The van der Waals surface area contributed by atoms with Gasteiger partial charge in [-0.3, -0.25) is 0 Å². The predicted octanol–water partition coefficient (Wildman–Crippen LogP) is 3.01. The number of hydrogen-bond donors (Lipinski definition) is 0. The molecule has 0 aromatic rings. The van der Waals surface area contributed by atoms with Crippen LogP contribution < -0.4 is 0 Å². The van der Waals surface area contributed by atoms with Crippen LogP contribution in [0.15, 0.2) is 0 Å². The van der Waals surface area contributed by atoms with Crippen molar-refractivity contribution in [2.75, 3.05) is 0 Å². The fourth-order valence-corrected chi connectivity index (χ4v) is 1.52. The molecule has 0 aliphatic heterocycles. The molecule has 0 aromatic heterocycles. The molecule has 0 radical (unpaired) electrons. The van der Waals surface area contributed by atoms with Gasteiger partial charge in [0.05, 0.1) is 23.6 Å². The lowest BCUT2D eigenvalue weighted by atomic mass is 9.78. The van der Waals surface area contributed by atoms with Gasteiger partial charge in [0.2, 0.25) is 0 Å². The van der Waals surface area contributed by atoms with E-state index in [1.807, 2.05) is 20.8 Å². The van der Waals surface area contributed by atoms with E-state index in [1.165, 1.54) is 0 Å². The van der Waals surface area contributed by atoms with Crippen molar-refractivity contribution >= 4 is 0 Å². The first-order chi connectivity index (χ1) is 6.97. The zero-order chi connectivity index (χ0) is 11.9. The highest BCUT2D eigenvalue weighted by atomic mass is 14.4. The second-order valence-corrected chi connectivity index (χ2v) is 4.48. The molecule has 3 unspecified atom stereocenters. The van der Waals surface area contributed by atoms with E-state index < -0.39 is 5.41 Å². The molecule has 3 heteroatoms. The van der Waals surface area contributed by atoms with Gasteiger partial charge in [-0.1, -0.05) is 0 Å². The third kappa shape index (κ3) is 5.04. The van der Waals surface area contributed by atoms with E-state index in [0.717, 1.165) is 6.42 Å². The first-order valence-electron chi connectivity index (χ1n) is 5.18. The molecule has 3 nitrogen and oxygen atoms in total. The minimum absolute atomic E-state index is 0.0185. The van der Waals surface area contributed by atoms with Crippen molar-refractivity contribution < 1.29 is 0 Å². The number of hydrogen-bond acceptors (Lipinski definition) is 3. The normalized spacial score (nSPS) is 17.6. The first-order valence-corrected chi connectivity index (χ1v) is 5.18. The van der Waals surface area contributed by atoms with Crippen LogP contribution in [-0.2, 0) is 0 Å². The Bertz CT molecular complexity index is 315. The third-order valence-electron chi connectivity index (χ3n) is 2.60. The van der Waals surface area contributed by atoms with Crippen molar-refractivity contribution in [3.63, 3.8) is 0 Å². The summed E-state index contributed by atoms with van der Waals surface area (Å²) < 4.78 is 0. The highest BCUT2D eigenvalue weighted by Gasteiger charge is 2.26. The lowest BCUT2D eigenvalue weighted by molar-refractivity contribution is 0.319. The molecule has 3 atom stereocenters. The summed E-state index contributed by atoms with van der Waals surface area (Å²) in [4.78, 5) is 0. The number of nitrogens with zero attached hydrogens (tertiary/aromatic N) is 3. The standard InChI is InChI=1S/C12H17N3/c1-10(7-13)4-5-12(3,9-15)6-11(2)8-14/h10-11H,4-6H2,1-3H3. The SMILES string of the molecule is CC(C#N)CCC(C)(C#N)CC(C)C#N. The van der Waals surface area contributed by atoms with Crippen LogP contribution in [0.2, 0.25) is 0 Å². The summed E-state index contributed by atoms with van der Waals surface area (Å²) in [5, 5.41) is 26.4. The van der Waals surface area contributed by atoms with Gasteiger partial charge in [0.25, 0.3) is 0 Å². The Labute approximate surface area is 91.9 Å². The Morgan fingerprint density at radius 3 is 2.00 bits per heavy atom. The fraction of sp³-hybridized carbons (Fsp3) is 0.750. The molecular weight excluding hydrogens is 186 g/mol. The molecule has 0 saturated heterocycles. The maximum Gasteiger partial charge on any atom is 0.0687 e. The van der Waals surface area contributed by atoms with Gasteiger partial charge in [-0.15, -0.1) is 0 Å². The van der Waals surface area contributed by atoms with Gasteiger partial charge in [0.1, 0.15) is 0 Å². The predicted molar refractivity (Wildman–Crippen MR) is 57.1 cm³/mol. The van der Waals surface area contributed by atoms with Crippen molar-refractivity contribution in [2.24, 2.45) is 17.3 Å². The minimum atomic E-state index is -0.472. The molecule has 0 heterocycles. The fourth-order valence-electron chi connectivity index (χ4n) is 1.52. The van der Waals surface area contributed by atoms with E-state index in [4.69, 9.17) is 15.8 Å². The molecule has 0 saturated carbocycles. The second-order valence-electron chi connectivity index (χ2n) is 4.48. The van der Waals surface area contributed by atoms with Crippen molar-refractivity contribution in [1.82, 2.24) is 0 Å². The highest BCUT2D eigenvalue weighted by Crippen LogP contribution is 2.31. The van der Waals surface area contributed by atoms with Gasteiger partial charge in [-0.2, -0.15) is 15.8 Å². The van der Waals surface area contributed by atoms with Gasteiger partial charge >= 0.3 is 0 Å². The average Bonchev–Trinajstić information content (AvgIpc) is 2.25. The summed E-state index contributed by atoms with van der Waals surface area (Å²) in [5.74, 6) is -0.123. The molecule has 0 aliphatic carbocycles. The van der Waals surface area contributed by atoms with Gasteiger partial charge in [0, 0.05) is 11.8 Å². The van der Waals surface area contributed by atoms with E-state index in [1.54, 1.807) is 0 Å². The quantitative estimate of drug-likeness (QED) is 0.689. The summed E-state index contributed by atoms with van der Waals surface area (Å²) in [6.07, 6.45) is 1.99. The van der Waals surface area contributed by atoms with Crippen LogP contribution in [-0.4, -0.2) is 0 Å².